The fourth-order valence-electron chi connectivity index (χ4n) is 2.36. The molecule has 0 aliphatic carbocycles. The summed E-state index contributed by atoms with van der Waals surface area (Å²) < 4.78 is 0.925. The third kappa shape index (κ3) is 2.94. The fraction of sp³-hybridized carbons (Fsp3) is 0.462. The Kier molecular flexibility index (Phi) is 4.19. The van der Waals surface area contributed by atoms with E-state index < -0.39 is 12.1 Å². The van der Waals surface area contributed by atoms with Gasteiger partial charge in [0.05, 0.1) is 0 Å². The largest absolute Gasteiger partial charge is 0.343 e. The highest BCUT2D eigenvalue weighted by Gasteiger charge is 2.38. The summed E-state index contributed by atoms with van der Waals surface area (Å²) in [5.41, 5.74) is 1.92. The lowest BCUT2D eigenvalue weighted by atomic mass is 9.92. The third-order valence-electron chi connectivity index (χ3n) is 3.46. The van der Waals surface area contributed by atoms with E-state index in [-0.39, 0.29) is 23.7 Å². The number of benzene rings is 1. The van der Waals surface area contributed by atoms with Crippen LogP contribution in [0.15, 0.2) is 22.7 Å². The van der Waals surface area contributed by atoms with Crippen LogP contribution in [0.4, 0.5) is 0 Å². The van der Waals surface area contributed by atoms with Gasteiger partial charge in [0.1, 0.15) is 6.04 Å². The van der Waals surface area contributed by atoms with Gasteiger partial charge in [0.15, 0.2) is 0 Å². The van der Waals surface area contributed by atoms with E-state index in [0.29, 0.717) is 0 Å². The topological polar surface area (TPSA) is 72.2 Å². The molecule has 2 rings (SSSR count). The number of rotatable bonds is 3. The number of nitrogens with one attached hydrogen (secondary N) is 1. The van der Waals surface area contributed by atoms with Gasteiger partial charge in [-0.3, -0.25) is 14.9 Å². The third-order valence-corrected chi connectivity index (χ3v) is 4.19. The van der Waals surface area contributed by atoms with Crippen LogP contribution in [0.1, 0.15) is 36.9 Å². The Bertz CT molecular complexity index is 519. The van der Waals surface area contributed by atoms with Crippen molar-refractivity contribution in [2.24, 2.45) is 0 Å². The molecule has 1 aromatic carbocycles. The maximum Gasteiger partial charge on any atom is 0.237 e. The second-order valence-corrected chi connectivity index (χ2v) is 5.50. The summed E-state index contributed by atoms with van der Waals surface area (Å²) in [5.74, 6) is -0.126. The number of nitro groups is 1. The van der Waals surface area contributed by atoms with Gasteiger partial charge in [0, 0.05) is 22.2 Å². The van der Waals surface area contributed by atoms with E-state index in [1.807, 2.05) is 25.1 Å². The predicted octanol–water partition coefficient (Wildman–Crippen LogP) is 2.61. The van der Waals surface area contributed by atoms with E-state index in [4.69, 9.17) is 0 Å². The number of hydrogen-bond acceptors (Lipinski definition) is 3. The highest BCUT2D eigenvalue weighted by molar-refractivity contribution is 9.10. The second-order valence-electron chi connectivity index (χ2n) is 4.64. The smallest absolute Gasteiger partial charge is 0.237 e. The van der Waals surface area contributed by atoms with Crippen molar-refractivity contribution in [1.29, 1.82) is 0 Å². The minimum absolute atomic E-state index is 0.126. The molecule has 6 heteroatoms. The van der Waals surface area contributed by atoms with Crippen molar-refractivity contribution in [2.75, 3.05) is 0 Å². The normalized spacial score (nSPS) is 22.9. The Balaban J connectivity index is 2.33. The van der Waals surface area contributed by atoms with Crippen molar-refractivity contribution in [2.45, 2.75) is 38.3 Å². The average Bonchev–Trinajstić information content (AvgIpc) is 2.38. The highest BCUT2D eigenvalue weighted by atomic mass is 79.9. The molecule has 1 amide bonds. The Morgan fingerprint density at radius 2 is 2.26 bits per heavy atom. The summed E-state index contributed by atoms with van der Waals surface area (Å²) in [4.78, 5) is 22.3. The van der Waals surface area contributed by atoms with Crippen molar-refractivity contribution in [1.82, 2.24) is 5.32 Å². The molecule has 0 radical (unpaired) electrons. The van der Waals surface area contributed by atoms with E-state index in [1.54, 1.807) is 0 Å². The van der Waals surface area contributed by atoms with Crippen LogP contribution in [-0.2, 0) is 11.2 Å². The lowest BCUT2D eigenvalue weighted by molar-refractivity contribution is -0.529. The van der Waals surface area contributed by atoms with E-state index >= 15 is 0 Å². The summed E-state index contributed by atoms with van der Waals surface area (Å²) in [6.07, 6.45) is 1.39. The van der Waals surface area contributed by atoms with Crippen LogP contribution in [0, 0.1) is 10.1 Å². The van der Waals surface area contributed by atoms with Crippen molar-refractivity contribution in [3.05, 3.63) is 43.9 Å². The average molecular weight is 327 g/mol. The molecule has 1 aromatic rings. The molecule has 0 aromatic heterocycles. The first-order chi connectivity index (χ1) is 9.02. The van der Waals surface area contributed by atoms with Gasteiger partial charge in [0.2, 0.25) is 11.9 Å². The number of amides is 1. The zero-order valence-electron chi connectivity index (χ0n) is 10.6. The van der Waals surface area contributed by atoms with E-state index in [2.05, 4.69) is 21.2 Å². The molecule has 1 aliphatic rings. The first kappa shape index (κ1) is 14.0. The van der Waals surface area contributed by atoms with Gasteiger partial charge in [-0.05, 0) is 23.6 Å². The molecule has 19 heavy (non-hydrogen) atoms. The van der Waals surface area contributed by atoms with E-state index in [0.717, 1.165) is 22.0 Å². The predicted molar refractivity (Wildman–Crippen MR) is 74.4 cm³/mol. The van der Waals surface area contributed by atoms with Crippen LogP contribution in [0.2, 0.25) is 0 Å². The highest BCUT2D eigenvalue weighted by Crippen LogP contribution is 2.29. The van der Waals surface area contributed by atoms with Gasteiger partial charge < -0.3 is 5.32 Å². The van der Waals surface area contributed by atoms with Crippen LogP contribution >= 0.6 is 15.9 Å². The lowest BCUT2D eigenvalue weighted by Crippen LogP contribution is -2.45. The molecule has 0 saturated carbocycles. The zero-order chi connectivity index (χ0) is 14.0. The number of hydrogen-bond donors (Lipinski definition) is 1. The van der Waals surface area contributed by atoms with Crippen LogP contribution in [-0.4, -0.2) is 16.9 Å². The maximum absolute atomic E-state index is 11.5. The summed E-state index contributed by atoms with van der Waals surface area (Å²) in [5, 5.41) is 13.8. The SMILES string of the molecule is CCc1ccc([C@H]2NC(=O)CC[C@@H]2[N+](=O)[O-])cc1Br. The first-order valence-corrected chi connectivity index (χ1v) is 7.03. The number of piperidine rings is 1. The van der Waals surface area contributed by atoms with Crippen LogP contribution in [0.25, 0.3) is 0 Å². The molecular formula is C13H15BrN2O3. The van der Waals surface area contributed by atoms with Crippen molar-refractivity contribution >= 4 is 21.8 Å². The van der Waals surface area contributed by atoms with Crippen molar-refractivity contribution in [3.8, 4) is 0 Å². The molecule has 2 atom stereocenters. The van der Waals surface area contributed by atoms with Crippen LogP contribution in [0.3, 0.4) is 0 Å². The molecule has 102 valence electrons. The molecule has 0 bridgehead atoms. The minimum Gasteiger partial charge on any atom is -0.343 e. The summed E-state index contributed by atoms with van der Waals surface area (Å²) in [6.45, 7) is 2.04. The van der Waals surface area contributed by atoms with Gasteiger partial charge in [0.25, 0.3) is 0 Å². The first-order valence-electron chi connectivity index (χ1n) is 6.24. The molecule has 1 heterocycles. The van der Waals surface area contributed by atoms with Gasteiger partial charge in [-0.15, -0.1) is 0 Å². The number of carbonyl (C=O) groups is 1. The van der Waals surface area contributed by atoms with Crippen molar-refractivity contribution in [3.63, 3.8) is 0 Å². The van der Waals surface area contributed by atoms with Gasteiger partial charge in [-0.25, -0.2) is 0 Å². The number of aryl methyl sites for hydroxylation is 1. The number of nitrogens with zero attached hydrogens (tertiary/aromatic N) is 1. The molecular weight excluding hydrogens is 312 g/mol. The van der Waals surface area contributed by atoms with Gasteiger partial charge in [-0.1, -0.05) is 35.0 Å². The molecule has 0 spiro atoms. The van der Waals surface area contributed by atoms with Crippen LogP contribution in [0.5, 0.6) is 0 Å². The number of carbonyl (C=O) groups excluding carboxylic acids is 1. The molecule has 1 N–H and O–H groups in total. The summed E-state index contributed by atoms with van der Waals surface area (Å²) in [6, 6.07) is 4.37. The molecule has 1 saturated heterocycles. The molecule has 1 aliphatic heterocycles. The quantitative estimate of drug-likeness (QED) is 0.685. The Morgan fingerprint density at radius 3 is 2.84 bits per heavy atom. The minimum atomic E-state index is -0.753. The maximum atomic E-state index is 11.5. The standard InChI is InChI=1S/C13H15BrN2O3/c1-2-8-3-4-9(7-10(8)14)13-11(16(18)19)5-6-12(17)15-13/h3-4,7,11,13H,2,5-6H2,1H3,(H,15,17)/t11-,13+/m0/s1. The summed E-state index contributed by atoms with van der Waals surface area (Å²) >= 11 is 3.46. The van der Waals surface area contributed by atoms with Crippen molar-refractivity contribution < 1.29 is 9.72 Å². The molecule has 5 nitrogen and oxygen atoms in total. The van der Waals surface area contributed by atoms with Gasteiger partial charge in [-0.2, -0.15) is 0 Å². The second kappa shape index (κ2) is 5.69. The van der Waals surface area contributed by atoms with Gasteiger partial charge >= 0.3 is 0 Å². The van der Waals surface area contributed by atoms with E-state index in [1.165, 1.54) is 0 Å². The van der Waals surface area contributed by atoms with E-state index in [9.17, 15) is 14.9 Å². The zero-order valence-corrected chi connectivity index (χ0v) is 12.1. The Morgan fingerprint density at radius 1 is 1.53 bits per heavy atom. The number of halogens is 1. The van der Waals surface area contributed by atoms with Crippen LogP contribution < -0.4 is 5.32 Å². The monoisotopic (exact) mass is 326 g/mol. The summed E-state index contributed by atoms with van der Waals surface area (Å²) in [7, 11) is 0. The molecule has 0 unspecified atom stereocenters. The lowest BCUT2D eigenvalue weighted by Gasteiger charge is -2.27. The Labute approximate surface area is 119 Å². The molecule has 1 fully saturated rings. The fourth-order valence-corrected chi connectivity index (χ4v) is 3.04. The Hall–Kier alpha value is -1.43.